The predicted molar refractivity (Wildman–Crippen MR) is 80.4 cm³/mol. The number of alkyl halides is 2. The topological polar surface area (TPSA) is 56.8 Å². The van der Waals surface area contributed by atoms with Crippen LogP contribution in [0.2, 0.25) is 0 Å². The van der Waals surface area contributed by atoms with Crippen molar-refractivity contribution in [1.82, 2.24) is 0 Å². The Balaban J connectivity index is 1.46. The third-order valence-corrected chi connectivity index (χ3v) is 3.92. The molecule has 124 valence electrons. The normalized spacial score (nSPS) is 20.0. The first kappa shape index (κ1) is 14.7. The molecule has 2 heterocycles. The van der Waals surface area contributed by atoms with Crippen LogP contribution in [0, 0.1) is 5.92 Å². The first-order chi connectivity index (χ1) is 11.5. The van der Waals surface area contributed by atoms with Gasteiger partial charge >= 0.3 is 6.29 Å². The van der Waals surface area contributed by atoms with Crippen LogP contribution in [-0.2, 0) is 11.2 Å². The number of nitrogens with one attached hydrogen (secondary N) is 1. The Morgan fingerprint density at radius 2 is 1.88 bits per heavy atom. The lowest BCUT2D eigenvalue weighted by Crippen LogP contribution is -2.32. The number of hydrogen-bond acceptors (Lipinski definition) is 4. The summed E-state index contributed by atoms with van der Waals surface area (Å²) < 4.78 is 40.3. The van der Waals surface area contributed by atoms with Crippen LogP contribution >= 0.6 is 0 Å². The molecule has 1 N–H and O–H groups in total. The van der Waals surface area contributed by atoms with Crippen LogP contribution in [0.5, 0.6) is 17.2 Å². The van der Waals surface area contributed by atoms with Gasteiger partial charge in [0, 0.05) is 11.8 Å². The van der Waals surface area contributed by atoms with Crippen LogP contribution in [-0.4, -0.2) is 18.8 Å². The summed E-state index contributed by atoms with van der Waals surface area (Å²) >= 11 is 0. The zero-order chi connectivity index (χ0) is 16.7. The minimum Gasteiger partial charge on any atom is -0.492 e. The molecule has 1 atom stereocenters. The fourth-order valence-corrected chi connectivity index (χ4v) is 2.77. The van der Waals surface area contributed by atoms with Crippen LogP contribution < -0.4 is 19.5 Å². The Bertz CT molecular complexity index is 809. The fourth-order valence-electron chi connectivity index (χ4n) is 2.77. The van der Waals surface area contributed by atoms with Gasteiger partial charge in [-0.05, 0) is 30.2 Å². The van der Waals surface area contributed by atoms with Gasteiger partial charge in [0.25, 0.3) is 0 Å². The molecule has 0 fully saturated rings. The number of ether oxygens (including phenoxy) is 3. The molecular weight excluding hydrogens is 320 g/mol. The van der Waals surface area contributed by atoms with Crippen molar-refractivity contribution in [2.75, 3.05) is 11.9 Å². The Morgan fingerprint density at radius 3 is 2.75 bits per heavy atom. The van der Waals surface area contributed by atoms with E-state index in [1.54, 1.807) is 0 Å². The van der Waals surface area contributed by atoms with Gasteiger partial charge in [-0.1, -0.05) is 18.2 Å². The molecule has 2 aliphatic heterocycles. The van der Waals surface area contributed by atoms with E-state index in [9.17, 15) is 13.6 Å². The second-order valence-electron chi connectivity index (χ2n) is 5.64. The molecule has 0 saturated heterocycles. The van der Waals surface area contributed by atoms with Gasteiger partial charge in [-0.25, -0.2) is 0 Å². The highest BCUT2D eigenvalue weighted by Crippen LogP contribution is 2.42. The van der Waals surface area contributed by atoms with Crippen molar-refractivity contribution in [2.24, 2.45) is 5.92 Å². The molecule has 0 bridgehead atoms. The number of amides is 1. The first-order valence-corrected chi connectivity index (χ1v) is 7.42. The standard InChI is InChI=1S/C17H13F2NO4/c18-17(19)23-14-6-5-12(8-15(14)24-17)20-16(21)11-7-10-3-1-2-4-13(10)22-9-11/h1-6,8,11H,7,9H2,(H,20,21). The van der Waals surface area contributed by atoms with Gasteiger partial charge in [-0.2, -0.15) is 0 Å². The average Bonchev–Trinajstić information content (AvgIpc) is 2.87. The van der Waals surface area contributed by atoms with Gasteiger partial charge in [0.15, 0.2) is 11.5 Å². The summed E-state index contributed by atoms with van der Waals surface area (Å²) in [6, 6.07) is 11.7. The van der Waals surface area contributed by atoms with E-state index in [1.165, 1.54) is 18.2 Å². The van der Waals surface area contributed by atoms with Crippen LogP contribution in [0.3, 0.4) is 0 Å². The highest BCUT2D eigenvalue weighted by molar-refractivity contribution is 5.93. The largest absolute Gasteiger partial charge is 0.586 e. The second kappa shape index (κ2) is 5.36. The molecule has 0 saturated carbocycles. The lowest BCUT2D eigenvalue weighted by atomic mass is 9.96. The summed E-state index contributed by atoms with van der Waals surface area (Å²) in [4.78, 5) is 12.4. The van der Waals surface area contributed by atoms with E-state index < -0.39 is 6.29 Å². The average molecular weight is 333 g/mol. The maximum absolute atomic E-state index is 13.0. The number of fused-ring (bicyclic) bond motifs is 2. The highest BCUT2D eigenvalue weighted by atomic mass is 19.3. The summed E-state index contributed by atoms with van der Waals surface area (Å²) in [5, 5.41) is 2.70. The maximum atomic E-state index is 13.0. The molecule has 5 nitrogen and oxygen atoms in total. The van der Waals surface area contributed by atoms with E-state index >= 15 is 0 Å². The Morgan fingerprint density at radius 1 is 1.08 bits per heavy atom. The third kappa shape index (κ3) is 2.73. The Hall–Kier alpha value is -2.83. The van der Waals surface area contributed by atoms with E-state index in [0.29, 0.717) is 12.1 Å². The first-order valence-electron chi connectivity index (χ1n) is 7.42. The Labute approximate surface area is 136 Å². The number of para-hydroxylation sites is 1. The third-order valence-electron chi connectivity index (χ3n) is 3.92. The summed E-state index contributed by atoms with van der Waals surface area (Å²) in [5.41, 5.74) is 1.33. The van der Waals surface area contributed by atoms with Crippen LogP contribution in [0.4, 0.5) is 14.5 Å². The lowest BCUT2D eigenvalue weighted by Gasteiger charge is -2.24. The molecule has 0 radical (unpaired) electrons. The second-order valence-corrected chi connectivity index (χ2v) is 5.64. The van der Waals surface area contributed by atoms with Crippen LogP contribution in [0.25, 0.3) is 0 Å². The molecule has 2 aliphatic rings. The van der Waals surface area contributed by atoms with Crippen molar-refractivity contribution >= 4 is 11.6 Å². The zero-order valence-corrected chi connectivity index (χ0v) is 12.4. The molecule has 0 aliphatic carbocycles. The molecule has 0 spiro atoms. The predicted octanol–water partition coefficient (Wildman–Crippen LogP) is 3.20. The van der Waals surface area contributed by atoms with Gasteiger partial charge in [-0.15, -0.1) is 8.78 Å². The Kier molecular flexibility index (Phi) is 3.30. The van der Waals surface area contributed by atoms with E-state index in [0.717, 1.165) is 11.3 Å². The molecule has 24 heavy (non-hydrogen) atoms. The summed E-state index contributed by atoms with van der Waals surface area (Å²) in [5.74, 6) is 0.0183. The van der Waals surface area contributed by atoms with Gasteiger partial charge in [0.1, 0.15) is 12.4 Å². The van der Waals surface area contributed by atoms with E-state index in [1.807, 2.05) is 24.3 Å². The number of benzene rings is 2. The number of anilines is 1. The quantitative estimate of drug-likeness (QED) is 0.917. The number of carbonyl (C=O) groups is 1. The SMILES string of the molecule is O=C(Nc1ccc2c(c1)OC(F)(F)O2)C1COc2ccccc2C1. The van der Waals surface area contributed by atoms with Crippen molar-refractivity contribution < 1.29 is 27.8 Å². The summed E-state index contributed by atoms with van der Waals surface area (Å²) in [6.45, 7) is 0.269. The lowest BCUT2D eigenvalue weighted by molar-refractivity contribution is -0.286. The zero-order valence-electron chi connectivity index (χ0n) is 12.4. The van der Waals surface area contributed by atoms with Gasteiger partial charge in [0.2, 0.25) is 5.91 Å². The molecule has 4 rings (SSSR count). The molecule has 2 aromatic carbocycles. The summed E-state index contributed by atoms with van der Waals surface area (Å²) in [7, 11) is 0. The van der Waals surface area contributed by atoms with E-state index in [2.05, 4.69) is 14.8 Å². The smallest absolute Gasteiger partial charge is 0.492 e. The molecule has 7 heteroatoms. The monoisotopic (exact) mass is 333 g/mol. The van der Waals surface area contributed by atoms with Crippen molar-refractivity contribution in [3.05, 3.63) is 48.0 Å². The van der Waals surface area contributed by atoms with Gasteiger partial charge < -0.3 is 19.5 Å². The van der Waals surface area contributed by atoms with E-state index in [4.69, 9.17) is 4.74 Å². The number of rotatable bonds is 2. The van der Waals surface area contributed by atoms with E-state index in [-0.39, 0.29) is 29.9 Å². The van der Waals surface area contributed by atoms with Crippen molar-refractivity contribution in [2.45, 2.75) is 12.7 Å². The van der Waals surface area contributed by atoms with Crippen molar-refractivity contribution in [3.63, 3.8) is 0 Å². The van der Waals surface area contributed by atoms with Crippen molar-refractivity contribution in [3.8, 4) is 17.2 Å². The molecule has 0 aromatic heterocycles. The minimum atomic E-state index is -3.67. The minimum absolute atomic E-state index is 0.0621. The molecular formula is C17H13F2NO4. The van der Waals surface area contributed by atoms with Gasteiger partial charge in [-0.3, -0.25) is 4.79 Å². The number of halogens is 2. The fraction of sp³-hybridized carbons (Fsp3) is 0.235. The maximum Gasteiger partial charge on any atom is 0.586 e. The van der Waals surface area contributed by atoms with Crippen molar-refractivity contribution in [1.29, 1.82) is 0 Å². The number of carbonyl (C=O) groups excluding carboxylic acids is 1. The van der Waals surface area contributed by atoms with Gasteiger partial charge in [0.05, 0.1) is 5.92 Å². The summed E-state index contributed by atoms with van der Waals surface area (Å²) in [6.07, 6.45) is -3.11. The molecule has 2 aromatic rings. The highest BCUT2D eigenvalue weighted by Gasteiger charge is 2.43. The number of hydrogen-bond donors (Lipinski definition) is 1. The van der Waals surface area contributed by atoms with Crippen LogP contribution in [0.15, 0.2) is 42.5 Å². The molecule has 1 amide bonds. The van der Waals surface area contributed by atoms with Crippen LogP contribution in [0.1, 0.15) is 5.56 Å². The molecule has 1 unspecified atom stereocenters.